The third-order valence-corrected chi connectivity index (χ3v) is 6.54. The highest BCUT2D eigenvalue weighted by Crippen LogP contribution is 2.29. The summed E-state index contributed by atoms with van der Waals surface area (Å²) in [5, 5.41) is 2.96. The predicted octanol–water partition coefficient (Wildman–Crippen LogP) is 5.88. The highest BCUT2D eigenvalue weighted by Gasteiger charge is 2.40. The lowest BCUT2D eigenvalue weighted by molar-refractivity contribution is -0.145. The van der Waals surface area contributed by atoms with Crippen LogP contribution in [0.3, 0.4) is 0 Å². The molecule has 1 fully saturated rings. The number of carbonyl (C=O) groups is 2. The van der Waals surface area contributed by atoms with Crippen LogP contribution in [0.5, 0.6) is 11.5 Å². The summed E-state index contributed by atoms with van der Waals surface area (Å²) >= 11 is 0. The molecule has 0 aromatic heterocycles. The van der Waals surface area contributed by atoms with E-state index in [2.05, 4.69) is 5.32 Å². The fourth-order valence-corrected chi connectivity index (χ4v) is 4.58. The minimum atomic E-state index is -0.643. The first-order valence-corrected chi connectivity index (χ1v) is 13.3. The van der Waals surface area contributed by atoms with E-state index >= 15 is 0 Å². The van der Waals surface area contributed by atoms with Crippen LogP contribution in [0, 0.1) is 5.92 Å². The molecule has 3 aromatic rings. The molecule has 3 atom stereocenters. The van der Waals surface area contributed by atoms with Crippen LogP contribution < -0.4 is 14.8 Å². The number of amides is 1. The maximum absolute atomic E-state index is 12.8. The van der Waals surface area contributed by atoms with Crippen LogP contribution >= 0.6 is 0 Å². The smallest absolute Gasteiger partial charge is 0.408 e. The summed E-state index contributed by atoms with van der Waals surface area (Å²) in [4.78, 5) is 25.5. The number of ether oxygens (including phenoxy) is 4. The first-order valence-electron chi connectivity index (χ1n) is 13.3. The fraction of sp³-hybridized carbons (Fsp3) is 0.375. The van der Waals surface area contributed by atoms with E-state index in [1.165, 1.54) is 0 Å². The number of cyclic esters (lactones) is 1. The van der Waals surface area contributed by atoms with Crippen molar-refractivity contribution in [1.29, 1.82) is 0 Å². The van der Waals surface area contributed by atoms with Crippen molar-refractivity contribution >= 4 is 12.1 Å². The second-order valence-corrected chi connectivity index (χ2v) is 10.8. The van der Waals surface area contributed by atoms with E-state index in [-0.39, 0.29) is 11.9 Å². The molecule has 0 radical (unpaired) electrons. The Morgan fingerprint density at radius 1 is 0.923 bits per heavy atom. The molecule has 1 aliphatic rings. The maximum Gasteiger partial charge on any atom is 0.408 e. The zero-order valence-electron chi connectivity index (χ0n) is 23.0. The number of alkyl carbamates (subject to hydrolysis) is 1. The molecule has 206 valence electrons. The molecular formula is C32H37NO6. The molecule has 1 heterocycles. The molecule has 0 spiro atoms. The largest absolute Gasteiger partial charge is 0.497 e. The van der Waals surface area contributed by atoms with Crippen molar-refractivity contribution in [3.05, 3.63) is 95.6 Å². The Morgan fingerprint density at radius 3 is 2.21 bits per heavy atom. The van der Waals surface area contributed by atoms with Gasteiger partial charge in [0.25, 0.3) is 0 Å². The lowest BCUT2D eigenvalue weighted by Crippen LogP contribution is -2.46. The van der Waals surface area contributed by atoms with Crippen LogP contribution in [0.15, 0.2) is 78.9 Å². The van der Waals surface area contributed by atoms with Gasteiger partial charge in [-0.2, -0.15) is 0 Å². The van der Waals surface area contributed by atoms with E-state index in [1.807, 2.05) is 99.6 Å². The second kappa shape index (κ2) is 12.7. The van der Waals surface area contributed by atoms with Crippen LogP contribution in [0.1, 0.15) is 43.9 Å². The SMILES string of the molecule is COc1ccc(C[C@@H]2C[C@@H]([C@H](Cc3ccc(OCc4ccccc4)cc3)NC(=O)OC(C)(C)C)OC2=O)cc1. The number of hydrogen-bond acceptors (Lipinski definition) is 6. The molecule has 7 nitrogen and oxygen atoms in total. The average molecular weight is 532 g/mol. The summed E-state index contributed by atoms with van der Waals surface area (Å²) in [6.45, 7) is 5.93. The first-order chi connectivity index (χ1) is 18.7. The van der Waals surface area contributed by atoms with Crippen LogP contribution in [0.4, 0.5) is 4.79 Å². The minimum Gasteiger partial charge on any atom is -0.497 e. The molecule has 0 unspecified atom stereocenters. The number of methoxy groups -OCH3 is 1. The van der Waals surface area contributed by atoms with Crippen LogP contribution in [0.2, 0.25) is 0 Å². The first kappa shape index (κ1) is 28.0. The van der Waals surface area contributed by atoms with E-state index in [1.54, 1.807) is 7.11 Å². The monoisotopic (exact) mass is 531 g/mol. The van der Waals surface area contributed by atoms with Crippen molar-refractivity contribution in [2.75, 3.05) is 7.11 Å². The van der Waals surface area contributed by atoms with Crippen molar-refractivity contribution in [1.82, 2.24) is 5.32 Å². The highest BCUT2D eigenvalue weighted by molar-refractivity contribution is 5.75. The summed E-state index contributed by atoms with van der Waals surface area (Å²) in [5.41, 5.74) is 2.46. The summed E-state index contributed by atoms with van der Waals surface area (Å²) < 4.78 is 22.4. The van der Waals surface area contributed by atoms with Crippen LogP contribution in [-0.4, -0.2) is 36.9 Å². The standard InChI is InChI=1S/C32H37NO6/c1-32(2,3)39-31(35)33-28(19-23-12-16-27(17-13-23)37-21-24-8-6-5-7-9-24)29-20-25(30(34)38-29)18-22-10-14-26(36-4)15-11-22/h5-17,25,28-29H,18-21H2,1-4H3,(H,33,35)/t25-,28+,29+/m1/s1. The molecule has 0 aliphatic carbocycles. The van der Waals surface area contributed by atoms with E-state index in [0.717, 1.165) is 28.2 Å². The third-order valence-electron chi connectivity index (χ3n) is 6.54. The molecule has 1 N–H and O–H groups in total. The highest BCUT2D eigenvalue weighted by atomic mass is 16.6. The Kier molecular flexibility index (Phi) is 9.12. The van der Waals surface area contributed by atoms with Gasteiger partial charge in [0.2, 0.25) is 0 Å². The topological polar surface area (TPSA) is 83.1 Å². The molecule has 39 heavy (non-hydrogen) atoms. The van der Waals surface area contributed by atoms with Gasteiger partial charge in [-0.25, -0.2) is 4.79 Å². The molecule has 0 bridgehead atoms. The molecule has 0 saturated carbocycles. The maximum atomic E-state index is 12.8. The summed E-state index contributed by atoms with van der Waals surface area (Å²) in [7, 11) is 1.62. The van der Waals surface area contributed by atoms with Crippen molar-refractivity contribution in [3.8, 4) is 11.5 Å². The number of carbonyl (C=O) groups excluding carboxylic acids is 2. The molecule has 4 rings (SSSR count). The second-order valence-electron chi connectivity index (χ2n) is 10.8. The van der Waals surface area contributed by atoms with Gasteiger partial charge in [0.1, 0.15) is 29.8 Å². The van der Waals surface area contributed by atoms with Gasteiger partial charge in [0, 0.05) is 6.42 Å². The average Bonchev–Trinajstić information content (AvgIpc) is 3.27. The molecule has 1 saturated heterocycles. The van der Waals surface area contributed by atoms with E-state index in [9.17, 15) is 9.59 Å². The van der Waals surface area contributed by atoms with Gasteiger partial charge in [0.15, 0.2) is 0 Å². The van der Waals surface area contributed by atoms with Gasteiger partial charge < -0.3 is 24.3 Å². The van der Waals surface area contributed by atoms with Crippen LogP contribution in [0.25, 0.3) is 0 Å². The lowest BCUT2D eigenvalue weighted by atomic mass is 9.92. The molecule has 1 aliphatic heterocycles. The number of hydrogen-bond donors (Lipinski definition) is 1. The number of rotatable bonds is 10. The molecule has 3 aromatic carbocycles. The van der Waals surface area contributed by atoms with Gasteiger partial charge in [-0.3, -0.25) is 4.79 Å². The lowest BCUT2D eigenvalue weighted by Gasteiger charge is -2.26. The summed E-state index contributed by atoms with van der Waals surface area (Å²) in [5.74, 6) is 0.978. The van der Waals surface area contributed by atoms with Gasteiger partial charge in [-0.05, 0) is 74.6 Å². The van der Waals surface area contributed by atoms with E-state index in [0.29, 0.717) is 25.9 Å². The molecular weight excluding hydrogens is 494 g/mol. The summed E-state index contributed by atoms with van der Waals surface area (Å²) in [6.07, 6.45) is 0.535. The quantitative estimate of drug-likeness (QED) is 0.329. The Bertz CT molecular complexity index is 1220. The van der Waals surface area contributed by atoms with Crippen molar-refractivity contribution in [2.45, 2.75) is 64.4 Å². The fourth-order valence-electron chi connectivity index (χ4n) is 4.58. The zero-order valence-corrected chi connectivity index (χ0v) is 23.0. The third kappa shape index (κ3) is 8.50. The Morgan fingerprint density at radius 2 is 1.56 bits per heavy atom. The minimum absolute atomic E-state index is 0.253. The number of esters is 1. The number of benzene rings is 3. The Labute approximate surface area is 230 Å². The summed E-state index contributed by atoms with van der Waals surface area (Å²) in [6, 6.07) is 25.0. The predicted molar refractivity (Wildman–Crippen MR) is 149 cm³/mol. The van der Waals surface area contributed by atoms with E-state index in [4.69, 9.17) is 18.9 Å². The van der Waals surface area contributed by atoms with Gasteiger partial charge in [-0.15, -0.1) is 0 Å². The van der Waals surface area contributed by atoms with Gasteiger partial charge in [0.05, 0.1) is 19.1 Å². The van der Waals surface area contributed by atoms with Crippen LogP contribution in [-0.2, 0) is 33.7 Å². The van der Waals surface area contributed by atoms with Gasteiger partial charge in [-0.1, -0.05) is 54.6 Å². The van der Waals surface area contributed by atoms with Crippen molar-refractivity contribution in [3.63, 3.8) is 0 Å². The Balaban J connectivity index is 1.42. The van der Waals surface area contributed by atoms with Gasteiger partial charge >= 0.3 is 12.1 Å². The Hall–Kier alpha value is -4.00. The van der Waals surface area contributed by atoms with E-state index < -0.39 is 23.8 Å². The molecule has 7 heteroatoms. The van der Waals surface area contributed by atoms with Crippen molar-refractivity contribution in [2.24, 2.45) is 5.92 Å². The molecule has 1 amide bonds. The zero-order chi connectivity index (χ0) is 27.8. The van der Waals surface area contributed by atoms with Crippen molar-refractivity contribution < 1.29 is 28.5 Å². The number of nitrogens with one attached hydrogen (secondary N) is 1. The normalized spacial score (nSPS) is 17.7.